The summed E-state index contributed by atoms with van der Waals surface area (Å²) in [6.07, 6.45) is 2.35. The molecule has 20 heavy (non-hydrogen) atoms. The summed E-state index contributed by atoms with van der Waals surface area (Å²) in [7, 11) is 0. The largest absolute Gasteiger partial charge is 0.357 e. The summed E-state index contributed by atoms with van der Waals surface area (Å²) in [5, 5.41) is 12.0. The highest BCUT2D eigenvalue weighted by Crippen LogP contribution is 2.39. The van der Waals surface area contributed by atoms with Crippen molar-refractivity contribution < 1.29 is 8.78 Å². The van der Waals surface area contributed by atoms with Gasteiger partial charge in [-0.1, -0.05) is 23.1 Å². The summed E-state index contributed by atoms with van der Waals surface area (Å²) in [6, 6.07) is 4.04. The Morgan fingerprint density at radius 3 is 2.90 bits per heavy atom. The van der Waals surface area contributed by atoms with E-state index in [1.807, 2.05) is 6.92 Å². The van der Waals surface area contributed by atoms with Crippen molar-refractivity contribution in [3.8, 4) is 0 Å². The summed E-state index contributed by atoms with van der Waals surface area (Å²) < 4.78 is 27.6. The minimum atomic E-state index is -0.429. The zero-order valence-corrected chi connectivity index (χ0v) is 12.4. The van der Waals surface area contributed by atoms with E-state index in [4.69, 9.17) is 0 Å². The second-order valence-corrected chi connectivity index (χ2v) is 7.28. The van der Waals surface area contributed by atoms with Crippen LogP contribution in [0, 0.1) is 11.6 Å². The number of aromatic nitrogens is 2. The molecule has 106 valence electrons. The lowest BCUT2D eigenvalue weighted by atomic mass is 10.1. The first kappa shape index (κ1) is 13.8. The number of nitrogens with zero attached hydrogens (tertiary/aromatic N) is 2. The number of hydrogen-bond acceptors (Lipinski definition) is 5. The molecule has 1 aromatic carbocycles. The number of rotatable bonds is 5. The second-order valence-electron chi connectivity index (χ2n) is 4.72. The minimum absolute atomic E-state index is 0.215. The molecular weight excluding hydrogens is 300 g/mol. The van der Waals surface area contributed by atoms with Crippen LogP contribution < -0.4 is 5.32 Å². The Morgan fingerprint density at radius 1 is 1.35 bits per heavy atom. The van der Waals surface area contributed by atoms with Crippen LogP contribution in [0.3, 0.4) is 0 Å². The average Bonchev–Trinajstić information content (AvgIpc) is 3.12. The van der Waals surface area contributed by atoms with Gasteiger partial charge in [0.05, 0.1) is 0 Å². The van der Waals surface area contributed by atoms with E-state index in [1.54, 1.807) is 0 Å². The van der Waals surface area contributed by atoms with Crippen molar-refractivity contribution in [3.05, 3.63) is 35.4 Å². The summed E-state index contributed by atoms with van der Waals surface area (Å²) in [5.41, 5.74) is 0.349. The maximum Gasteiger partial charge on any atom is 0.206 e. The topological polar surface area (TPSA) is 37.8 Å². The summed E-state index contributed by atoms with van der Waals surface area (Å²) in [6.45, 7) is 1.83. The van der Waals surface area contributed by atoms with Gasteiger partial charge in [-0.15, -0.1) is 10.2 Å². The van der Waals surface area contributed by atoms with Crippen LogP contribution in [-0.4, -0.2) is 16.2 Å². The molecule has 1 aromatic heterocycles. The Hall–Kier alpha value is -1.21. The first-order chi connectivity index (χ1) is 9.61. The maximum absolute atomic E-state index is 13.7. The van der Waals surface area contributed by atoms with E-state index in [9.17, 15) is 8.78 Å². The molecule has 7 heteroatoms. The smallest absolute Gasteiger partial charge is 0.206 e. The maximum atomic E-state index is 13.7. The molecule has 1 unspecified atom stereocenters. The van der Waals surface area contributed by atoms with Gasteiger partial charge in [-0.25, -0.2) is 8.78 Å². The lowest BCUT2D eigenvalue weighted by molar-refractivity contribution is 0.586. The van der Waals surface area contributed by atoms with E-state index < -0.39 is 11.6 Å². The fraction of sp³-hybridized carbons (Fsp3) is 0.385. The monoisotopic (exact) mass is 313 g/mol. The molecule has 2 aromatic rings. The molecule has 1 aliphatic carbocycles. The molecule has 0 spiro atoms. The second kappa shape index (κ2) is 5.65. The highest BCUT2D eigenvalue weighted by molar-refractivity contribution is 8.01. The molecule has 0 bridgehead atoms. The van der Waals surface area contributed by atoms with Gasteiger partial charge in [0.1, 0.15) is 11.6 Å². The molecule has 0 amide bonds. The highest BCUT2D eigenvalue weighted by Gasteiger charge is 2.23. The molecule has 1 atom stereocenters. The molecule has 0 saturated heterocycles. The molecule has 0 aliphatic heterocycles. The van der Waals surface area contributed by atoms with Crippen LogP contribution in [0.2, 0.25) is 0 Å². The van der Waals surface area contributed by atoms with Crippen LogP contribution in [0.25, 0.3) is 0 Å². The van der Waals surface area contributed by atoms with Crippen molar-refractivity contribution in [2.45, 2.75) is 35.4 Å². The minimum Gasteiger partial charge on any atom is -0.357 e. The normalized spacial score (nSPS) is 16.1. The number of hydrogen-bond donors (Lipinski definition) is 1. The zero-order chi connectivity index (χ0) is 14.1. The molecule has 1 heterocycles. The van der Waals surface area contributed by atoms with Crippen molar-refractivity contribution in [1.82, 2.24) is 10.2 Å². The van der Waals surface area contributed by atoms with Crippen molar-refractivity contribution in [2.75, 3.05) is 5.32 Å². The van der Waals surface area contributed by atoms with E-state index in [1.165, 1.54) is 42.0 Å². The van der Waals surface area contributed by atoms with E-state index in [0.717, 1.165) is 21.6 Å². The van der Waals surface area contributed by atoms with Crippen molar-refractivity contribution >= 4 is 28.2 Å². The van der Waals surface area contributed by atoms with Gasteiger partial charge in [0.25, 0.3) is 0 Å². The van der Waals surface area contributed by atoms with Crippen molar-refractivity contribution in [2.24, 2.45) is 0 Å². The molecular formula is C13H13F2N3S2. The third kappa shape index (κ3) is 3.27. The van der Waals surface area contributed by atoms with Gasteiger partial charge in [0.15, 0.2) is 4.34 Å². The van der Waals surface area contributed by atoms with E-state index in [2.05, 4.69) is 15.5 Å². The Kier molecular flexibility index (Phi) is 3.89. The quantitative estimate of drug-likeness (QED) is 0.838. The van der Waals surface area contributed by atoms with Gasteiger partial charge in [-0.05, 0) is 38.0 Å². The molecule has 1 fully saturated rings. The van der Waals surface area contributed by atoms with Crippen LogP contribution in [-0.2, 0) is 0 Å². The SMILES string of the molecule is CC(Sc1nnc(NC2CC2)s1)c1cc(F)ccc1F. The van der Waals surface area contributed by atoms with Crippen molar-refractivity contribution in [3.63, 3.8) is 0 Å². The van der Waals surface area contributed by atoms with Gasteiger partial charge >= 0.3 is 0 Å². The Morgan fingerprint density at radius 2 is 2.15 bits per heavy atom. The zero-order valence-electron chi connectivity index (χ0n) is 10.8. The molecule has 1 N–H and O–H groups in total. The Bertz CT molecular complexity index is 613. The van der Waals surface area contributed by atoms with E-state index in [0.29, 0.717) is 11.6 Å². The van der Waals surface area contributed by atoms with E-state index in [-0.39, 0.29) is 5.25 Å². The number of thioether (sulfide) groups is 1. The third-order valence-electron chi connectivity index (χ3n) is 2.99. The first-order valence-electron chi connectivity index (χ1n) is 6.33. The molecule has 0 radical (unpaired) electrons. The number of benzene rings is 1. The Labute approximate surface area is 123 Å². The first-order valence-corrected chi connectivity index (χ1v) is 8.03. The number of halogens is 2. The van der Waals surface area contributed by atoms with Gasteiger partial charge < -0.3 is 5.32 Å². The van der Waals surface area contributed by atoms with Gasteiger partial charge in [-0.3, -0.25) is 0 Å². The van der Waals surface area contributed by atoms with Crippen LogP contribution in [0.4, 0.5) is 13.9 Å². The van der Waals surface area contributed by atoms with Crippen LogP contribution in [0.5, 0.6) is 0 Å². The van der Waals surface area contributed by atoms with Crippen LogP contribution in [0.1, 0.15) is 30.6 Å². The number of nitrogens with one attached hydrogen (secondary N) is 1. The molecule has 1 saturated carbocycles. The molecule has 3 nitrogen and oxygen atoms in total. The fourth-order valence-electron chi connectivity index (χ4n) is 1.76. The standard InChI is InChI=1S/C13H13F2N3S2/c1-7(10-6-8(14)2-5-11(10)15)19-13-18-17-12(20-13)16-9-3-4-9/h2,5-7,9H,3-4H2,1H3,(H,16,17). The lowest BCUT2D eigenvalue weighted by Gasteiger charge is -2.10. The third-order valence-corrected chi connectivity index (χ3v) is 5.06. The predicted molar refractivity (Wildman–Crippen MR) is 77.2 cm³/mol. The molecule has 3 rings (SSSR count). The summed E-state index contributed by atoms with van der Waals surface area (Å²) >= 11 is 2.83. The molecule has 1 aliphatic rings. The summed E-state index contributed by atoms with van der Waals surface area (Å²) in [4.78, 5) is 0. The fourth-order valence-corrected chi connectivity index (χ4v) is 3.87. The average molecular weight is 313 g/mol. The number of anilines is 1. The van der Waals surface area contributed by atoms with E-state index >= 15 is 0 Å². The van der Waals surface area contributed by atoms with Gasteiger partial charge in [0, 0.05) is 16.9 Å². The Balaban J connectivity index is 1.69. The lowest BCUT2D eigenvalue weighted by Crippen LogP contribution is -1.99. The van der Waals surface area contributed by atoms with Gasteiger partial charge in [0.2, 0.25) is 5.13 Å². The van der Waals surface area contributed by atoms with Gasteiger partial charge in [-0.2, -0.15) is 0 Å². The summed E-state index contributed by atoms with van der Waals surface area (Å²) in [5.74, 6) is -0.825. The highest BCUT2D eigenvalue weighted by atomic mass is 32.2. The van der Waals surface area contributed by atoms with Crippen LogP contribution in [0.15, 0.2) is 22.5 Å². The predicted octanol–water partition coefficient (Wildman–Crippen LogP) is 4.24. The van der Waals surface area contributed by atoms with Crippen LogP contribution >= 0.6 is 23.1 Å². The van der Waals surface area contributed by atoms with Crippen molar-refractivity contribution in [1.29, 1.82) is 0 Å².